The molecule has 2 amide bonds. The van der Waals surface area contributed by atoms with E-state index in [0.29, 0.717) is 0 Å². The molecule has 6 nitrogen and oxygen atoms in total. The average molecular weight is 160 g/mol. The second-order valence-corrected chi connectivity index (χ2v) is 2.09. The molecule has 0 atom stereocenters. The van der Waals surface area contributed by atoms with E-state index < -0.39 is 6.03 Å². The molecule has 11 heavy (non-hydrogen) atoms. The molecule has 0 spiro atoms. The standard InChI is InChI=1S/C5H12N4O2/c1-4(10)2-3-9(7)5(11)8-6/h2-3,6-7H2,1H3,(H,8,11). The summed E-state index contributed by atoms with van der Waals surface area (Å²) in [4.78, 5) is 21.0. The fraction of sp³-hybridized carbons (Fsp3) is 0.600. The molecule has 0 radical (unpaired) electrons. The van der Waals surface area contributed by atoms with Gasteiger partial charge in [-0.15, -0.1) is 0 Å². The minimum Gasteiger partial charge on any atom is -0.300 e. The largest absolute Gasteiger partial charge is 0.345 e. The van der Waals surface area contributed by atoms with Gasteiger partial charge in [0.05, 0.1) is 0 Å². The molecule has 0 saturated carbocycles. The Morgan fingerprint density at radius 3 is 2.45 bits per heavy atom. The van der Waals surface area contributed by atoms with Crippen LogP contribution in [0.15, 0.2) is 0 Å². The molecule has 0 rings (SSSR count). The van der Waals surface area contributed by atoms with Crippen LogP contribution in [0.2, 0.25) is 0 Å². The lowest BCUT2D eigenvalue weighted by Gasteiger charge is -2.13. The molecule has 0 unspecified atom stereocenters. The van der Waals surface area contributed by atoms with Crippen LogP contribution in [-0.4, -0.2) is 23.4 Å². The van der Waals surface area contributed by atoms with Gasteiger partial charge in [-0.2, -0.15) is 0 Å². The summed E-state index contributed by atoms with van der Waals surface area (Å²) in [6, 6.07) is -0.605. The SMILES string of the molecule is CC(=O)CCN(N)C(=O)NN. The Bertz CT molecular complexity index is 159. The summed E-state index contributed by atoms with van der Waals surface area (Å²) in [6.45, 7) is 1.60. The first-order valence-corrected chi connectivity index (χ1v) is 3.10. The molecule has 0 aliphatic heterocycles. The summed E-state index contributed by atoms with van der Waals surface area (Å²) in [7, 11) is 0. The number of carbonyl (C=O) groups excluding carboxylic acids is 2. The lowest BCUT2D eigenvalue weighted by Crippen LogP contribution is -2.48. The van der Waals surface area contributed by atoms with Gasteiger partial charge in [-0.3, -0.25) is 15.2 Å². The van der Waals surface area contributed by atoms with E-state index in [-0.39, 0.29) is 18.7 Å². The Labute approximate surface area is 64.5 Å². The maximum atomic E-state index is 10.6. The number of ketones is 1. The van der Waals surface area contributed by atoms with E-state index in [2.05, 4.69) is 0 Å². The first-order chi connectivity index (χ1) is 5.07. The smallest absolute Gasteiger partial charge is 0.300 e. The number of nitrogens with two attached hydrogens (primary N) is 2. The molecule has 0 aromatic heterocycles. The Morgan fingerprint density at radius 1 is 1.55 bits per heavy atom. The molecule has 5 N–H and O–H groups in total. The summed E-state index contributed by atoms with van der Waals surface area (Å²) in [6.07, 6.45) is 0.240. The minimum absolute atomic E-state index is 0.0229. The third-order valence-corrected chi connectivity index (χ3v) is 1.09. The molecule has 0 aliphatic carbocycles. The predicted molar refractivity (Wildman–Crippen MR) is 38.9 cm³/mol. The number of urea groups is 1. The van der Waals surface area contributed by atoms with Crippen molar-refractivity contribution >= 4 is 11.8 Å². The summed E-state index contributed by atoms with van der Waals surface area (Å²) < 4.78 is 0. The molecule has 0 bridgehead atoms. The molecule has 64 valence electrons. The Morgan fingerprint density at radius 2 is 2.09 bits per heavy atom. The maximum absolute atomic E-state index is 10.6. The van der Waals surface area contributed by atoms with E-state index in [1.807, 2.05) is 5.43 Å². The van der Waals surface area contributed by atoms with E-state index in [1.165, 1.54) is 6.92 Å². The van der Waals surface area contributed by atoms with Crippen LogP contribution < -0.4 is 17.1 Å². The van der Waals surface area contributed by atoms with E-state index in [0.717, 1.165) is 5.01 Å². The quantitative estimate of drug-likeness (QED) is 0.272. The highest BCUT2D eigenvalue weighted by molar-refractivity contribution is 5.77. The van der Waals surface area contributed by atoms with Gasteiger partial charge in [0.25, 0.3) is 0 Å². The number of rotatable bonds is 3. The zero-order chi connectivity index (χ0) is 8.85. The van der Waals surface area contributed by atoms with Crippen molar-refractivity contribution in [3.63, 3.8) is 0 Å². The van der Waals surface area contributed by atoms with Crippen LogP contribution in [0.5, 0.6) is 0 Å². The van der Waals surface area contributed by atoms with Gasteiger partial charge in [0, 0.05) is 13.0 Å². The summed E-state index contributed by atoms with van der Waals surface area (Å²) in [5.74, 6) is 9.92. The van der Waals surface area contributed by atoms with Gasteiger partial charge in [-0.1, -0.05) is 0 Å². The third-order valence-electron chi connectivity index (χ3n) is 1.09. The highest BCUT2D eigenvalue weighted by atomic mass is 16.2. The minimum atomic E-state index is -0.605. The highest BCUT2D eigenvalue weighted by Crippen LogP contribution is 1.85. The first kappa shape index (κ1) is 9.86. The topological polar surface area (TPSA) is 101 Å². The Hall–Kier alpha value is -1.14. The van der Waals surface area contributed by atoms with Gasteiger partial charge in [0.1, 0.15) is 5.78 Å². The summed E-state index contributed by atoms with van der Waals surface area (Å²) >= 11 is 0. The highest BCUT2D eigenvalue weighted by Gasteiger charge is 2.06. The van der Waals surface area contributed by atoms with Gasteiger partial charge in [-0.25, -0.2) is 16.5 Å². The van der Waals surface area contributed by atoms with Crippen molar-refractivity contribution in [2.45, 2.75) is 13.3 Å². The van der Waals surface area contributed by atoms with Gasteiger partial charge in [0.15, 0.2) is 0 Å². The number of hydrazine groups is 2. The monoisotopic (exact) mass is 160 g/mol. The van der Waals surface area contributed by atoms with E-state index >= 15 is 0 Å². The van der Waals surface area contributed by atoms with Gasteiger partial charge in [-0.05, 0) is 6.92 Å². The summed E-state index contributed by atoms with van der Waals surface area (Å²) in [5.41, 5.74) is 1.84. The second-order valence-electron chi connectivity index (χ2n) is 2.09. The fourth-order valence-corrected chi connectivity index (χ4v) is 0.462. The van der Waals surface area contributed by atoms with Crippen LogP contribution in [-0.2, 0) is 4.79 Å². The molecule has 0 saturated heterocycles. The van der Waals surface area contributed by atoms with Crippen molar-refractivity contribution < 1.29 is 9.59 Å². The molecule has 0 heterocycles. The number of nitrogens with zero attached hydrogens (tertiary/aromatic N) is 1. The molecule has 6 heteroatoms. The Kier molecular flexibility index (Phi) is 4.16. The lowest BCUT2D eigenvalue weighted by molar-refractivity contribution is -0.117. The predicted octanol–water partition coefficient (Wildman–Crippen LogP) is -1.28. The van der Waals surface area contributed by atoms with E-state index in [4.69, 9.17) is 11.7 Å². The fourth-order valence-electron chi connectivity index (χ4n) is 0.462. The molecule has 0 aromatic carbocycles. The zero-order valence-electron chi connectivity index (χ0n) is 6.33. The van der Waals surface area contributed by atoms with Crippen molar-refractivity contribution in [2.24, 2.45) is 11.7 Å². The van der Waals surface area contributed by atoms with Gasteiger partial charge >= 0.3 is 6.03 Å². The molecule has 0 aromatic rings. The number of hydrogen-bond donors (Lipinski definition) is 3. The Balaban J connectivity index is 3.60. The van der Waals surface area contributed by atoms with E-state index in [1.54, 1.807) is 0 Å². The second kappa shape index (κ2) is 4.64. The van der Waals surface area contributed by atoms with Crippen molar-refractivity contribution in [1.29, 1.82) is 0 Å². The van der Waals surface area contributed by atoms with Gasteiger partial charge in [0.2, 0.25) is 0 Å². The number of amides is 2. The van der Waals surface area contributed by atoms with Crippen LogP contribution in [0.25, 0.3) is 0 Å². The molecule has 0 fully saturated rings. The van der Waals surface area contributed by atoms with Crippen LogP contribution in [0.1, 0.15) is 13.3 Å². The normalized spacial score (nSPS) is 9.00. The van der Waals surface area contributed by atoms with Crippen molar-refractivity contribution in [3.8, 4) is 0 Å². The lowest BCUT2D eigenvalue weighted by atomic mass is 10.3. The van der Waals surface area contributed by atoms with Crippen molar-refractivity contribution in [2.75, 3.05) is 6.54 Å². The third kappa shape index (κ3) is 4.29. The average Bonchev–Trinajstić information content (AvgIpc) is 1.98. The number of Topliss-reactive ketones (excluding diaryl/α,β-unsaturated/α-hetero) is 1. The van der Waals surface area contributed by atoms with Crippen LogP contribution >= 0.6 is 0 Å². The summed E-state index contributed by atoms with van der Waals surface area (Å²) in [5, 5.41) is 0.849. The first-order valence-electron chi connectivity index (χ1n) is 3.10. The van der Waals surface area contributed by atoms with Crippen LogP contribution in [0, 0.1) is 0 Å². The van der Waals surface area contributed by atoms with Crippen molar-refractivity contribution in [1.82, 2.24) is 10.4 Å². The van der Waals surface area contributed by atoms with Crippen molar-refractivity contribution in [3.05, 3.63) is 0 Å². The van der Waals surface area contributed by atoms with Crippen LogP contribution in [0.4, 0.5) is 4.79 Å². The number of nitrogens with one attached hydrogen (secondary N) is 1. The maximum Gasteiger partial charge on any atom is 0.345 e. The van der Waals surface area contributed by atoms with Crippen LogP contribution in [0.3, 0.4) is 0 Å². The van der Waals surface area contributed by atoms with E-state index in [9.17, 15) is 9.59 Å². The molecular weight excluding hydrogens is 148 g/mol. The number of hydrogen-bond acceptors (Lipinski definition) is 4. The zero-order valence-corrected chi connectivity index (χ0v) is 6.33. The number of carbonyl (C=O) groups is 2. The molecule has 0 aliphatic rings. The molecular formula is C5H12N4O2. The van der Waals surface area contributed by atoms with Gasteiger partial charge < -0.3 is 0 Å².